The maximum atomic E-state index is 12.1. The highest BCUT2D eigenvalue weighted by Gasteiger charge is 2.24. The van der Waals surface area contributed by atoms with Crippen LogP contribution in [0.25, 0.3) is 0 Å². The van der Waals surface area contributed by atoms with Crippen LogP contribution in [0.15, 0.2) is 54.9 Å². The summed E-state index contributed by atoms with van der Waals surface area (Å²) in [5.74, 6) is -0.197. The Hall–Kier alpha value is -2.25. The highest BCUT2D eigenvalue weighted by molar-refractivity contribution is 7.88. The van der Waals surface area contributed by atoms with Crippen LogP contribution in [-0.2, 0) is 21.4 Å². The first kappa shape index (κ1) is 19.1. The normalized spacial score (nSPS) is 12.8. The molecule has 0 radical (unpaired) electrons. The zero-order valence-corrected chi connectivity index (χ0v) is 15.2. The molecule has 1 heterocycles. The molecule has 1 unspecified atom stereocenters. The van der Waals surface area contributed by atoms with Gasteiger partial charge in [-0.15, -0.1) is 0 Å². The van der Waals surface area contributed by atoms with Gasteiger partial charge in [0.2, 0.25) is 15.9 Å². The summed E-state index contributed by atoms with van der Waals surface area (Å²) in [4.78, 5) is 16.0. The molecule has 0 aliphatic carbocycles. The summed E-state index contributed by atoms with van der Waals surface area (Å²) in [6, 6.07) is 12.7. The molecule has 0 saturated carbocycles. The fourth-order valence-corrected chi connectivity index (χ4v) is 3.67. The third kappa shape index (κ3) is 5.95. The smallest absolute Gasteiger partial charge is 0.221 e. The van der Waals surface area contributed by atoms with Crippen LogP contribution in [0.2, 0.25) is 0 Å². The van der Waals surface area contributed by atoms with E-state index in [2.05, 4.69) is 10.3 Å². The highest BCUT2D eigenvalue weighted by atomic mass is 32.2. The number of amides is 1. The predicted molar refractivity (Wildman–Crippen MR) is 97.1 cm³/mol. The molecule has 0 fully saturated rings. The van der Waals surface area contributed by atoms with Crippen molar-refractivity contribution in [3.05, 3.63) is 66.0 Å². The van der Waals surface area contributed by atoms with Gasteiger partial charge in [0.05, 0.1) is 6.26 Å². The average Bonchev–Trinajstić information content (AvgIpc) is 2.60. The number of hydrogen-bond acceptors (Lipinski definition) is 4. The Morgan fingerprint density at radius 3 is 2.52 bits per heavy atom. The summed E-state index contributed by atoms with van der Waals surface area (Å²) in [5.41, 5.74) is 1.79. The van der Waals surface area contributed by atoms with Gasteiger partial charge in [0.15, 0.2) is 0 Å². The quantitative estimate of drug-likeness (QED) is 0.781. The van der Waals surface area contributed by atoms with Crippen LogP contribution in [0.3, 0.4) is 0 Å². The number of nitrogens with zero attached hydrogens (tertiary/aromatic N) is 2. The lowest BCUT2D eigenvalue weighted by Crippen LogP contribution is -2.36. The van der Waals surface area contributed by atoms with Crippen molar-refractivity contribution in [2.45, 2.75) is 25.9 Å². The number of pyridine rings is 1. The second-order valence-electron chi connectivity index (χ2n) is 5.85. The molecule has 0 saturated heterocycles. The maximum Gasteiger partial charge on any atom is 0.221 e. The van der Waals surface area contributed by atoms with Crippen molar-refractivity contribution < 1.29 is 13.2 Å². The number of carbonyl (C=O) groups is 1. The van der Waals surface area contributed by atoms with Gasteiger partial charge in [0.1, 0.15) is 0 Å². The van der Waals surface area contributed by atoms with Crippen LogP contribution in [-0.4, -0.2) is 36.4 Å². The van der Waals surface area contributed by atoms with Gasteiger partial charge in [-0.1, -0.05) is 36.4 Å². The van der Waals surface area contributed by atoms with Gasteiger partial charge in [0.25, 0.3) is 0 Å². The van der Waals surface area contributed by atoms with Crippen molar-refractivity contribution in [2.75, 3.05) is 12.8 Å². The fourth-order valence-electron chi connectivity index (χ4n) is 2.55. The van der Waals surface area contributed by atoms with Crippen LogP contribution in [0.1, 0.15) is 30.5 Å². The topological polar surface area (TPSA) is 79.4 Å². The molecule has 1 N–H and O–H groups in total. The van der Waals surface area contributed by atoms with Crippen molar-refractivity contribution in [1.29, 1.82) is 0 Å². The Balaban J connectivity index is 1.95. The van der Waals surface area contributed by atoms with Crippen molar-refractivity contribution >= 4 is 15.9 Å². The van der Waals surface area contributed by atoms with Crippen molar-refractivity contribution in [3.63, 3.8) is 0 Å². The lowest BCUT2D eigenvalue weighted by molar-refractivity contribution is -0.121. The molecule has 7 heteroatoms. The molecule has 1 amide bonds. The minimum atomic E-state index is -3.43. The van der Waals surface area contributed by atoms with E-state index in [9.17, 15) is 13.2 Å². The minimum absolute atomic E-state index is 0.102. The first-order valence-electron chi connectivity index (χ1n) is 8.05. The van der Waals surface area contributed by atoms with Gasteiger partial charge in [-0.05, 0) is 24.1 Å². The maximum absolute atomic E-state index is 12.1. The Morgan fingerprint density at radius 2 is 1.92 bits per heavy atom. The van der Waals surface area contributed by atoms with E-state index in [1.54, 1.807) is 18.5 Å². The number of rotatable bonds is 8. The van der Waals surface area contributed by atoms with Gasteiger partial charge in [-0.2, -0.15) is 4.31 Å². The molecule has 134 valence electrons. The number of aromatic nitrogens is 1. The van der Waals surface area contributed by atoms with Gasteiger partial charge < -0.3 is 5.32 Å². The van der Waals surface area contributed by atoms with E-state index >= 15 is 0 Å². The van der Waals surface area contributed by atoms with Crippen LogP contribution in [0.4, 0.5) is 0 Å². The molecular formula is C18H23N3O3S. The Bertz CT molecular complexity index is 780. The number of hydrogen-bond donors (Lipinski definition) is 1. The third-order valence-electron chi connectivity index (χ3n) is 3.91. The van der Waals surface area contributed by atoms with Crippen molar-refractivity contribution in [2.24, 2.45) is 0 Å². The summed E-state index contributed by atoms with van der Waals surface area (Å²) >= 11 is 0. The zero-order chi connectivity index (χ0) is 18.3. The second-order valence-corrected chi connectivity index (χ2v) is 7.78. The largest absolute Gasteiger partial charge is 0.352 e. The van der Waals surface area contributed by atoms with Crippen LogP contribution in [0, 0.1) is 0 Å². The lowest BCUT2D eigenvalue weighted by Gasteiger charge is -2.27. The van der Waals surface area contributed by atoms with Crippen LogP contribution < -0.4 is 5.32 Å². The van der Waals surface area contributed by atoms with E-state index in [4.69, 9.17) is 0 Å². The van der Waals surface area contributed by atoms with Gasteiger partial charge in [-0.25, -0.2) is 8.42 Å². The molecule has 2 aromatic rings. The fraction of sp³-hybridized carbons (Fsp3) is 0.333. The first-order valence-corrected chi connectivity index (χ1v) is 9.90. The number of sulfonamides is 1. The van der Waals surface area contributed by atoms with Crippen molar-refractivity contribution in [3.8, 4) is 0 Å². The summed E-state index contributed by atoms with van der Waals surface area (Å²) in [5, 5.41) is 2.78. The summed E-state index contributed by atoms with van der Waals surface area (Å²) in [6.45, 7) is 2.33. The standard InChI is InChI=1S/C18H23N3O3S/c1-15(17-8-4-3-5-9-17)21(25(2,23)24)12-10-18(22)20-14-16-7-6-11-19-13-16/h3-9,11,13,15H,10,12,14H2,1-2H3,(H,20,22). The summed E-state index contributed by atoms with van der Waals surface area (Å²) in [6.07, 6.45) is 4.62. The number of nitrogens with one attached hydrogen (secondary N) is 1. The van der Waals surface area contributed by atoms with E-state index < -0.39 is 10.0 Å². The SMILES string of the molecule is CC(c1ccccc1)N(CCC(=O)NCc1cccnc1)S(C)(=O)=O. The van der Waals surface area contributed by atoms with Gasteiger partial charge >= 0.3 is 0 Å². The number of benzene rings is 1. The molecular weight excluding hydrogens is 338 g/mol. The first-order chi connectivity index (χ1) is 11.9. The van der Waals surface area contributed by atoms with E-state index in [0.717, 1.165) is 11.1 Å². The molecule has 0 aliphatic rings. The van der Waals surface area contributed by atoms with E-state index in [0.29, 0.717) is 6.54 Å². The molecule has 0 aliphatic heterocycles. The molecule has 1 aromatic heterocycles. The van der Waals surface area contributed by atoms with Crippen LogP contribution in [0.5, 0.6) is 0 Å². The lowest BCUT2D eigenvalue weighted by atomic mass is 10.1. The minimum Gasteiger partial charge on any atom is -0.352 e. The second kappa shape index (κ2) is 8.73. The highest BCUT2D eigenvalue weighted by Crippen LogP contribution is 2.22. The zero-order valence-electron chi connectivity index (χ0n) is 14.4. The Kier molecular flexibility index (Phi) is 6.66. The van der Waals surface area contributed by atoms with E-state index in [1.165, 1.54) is 10.6 Å². The van der Waals surface area contributed by atoms with E-state index in [-0.39, 0.29) is 24.9 Å². The van der Waals surface area contributed by atoms with Gasteiger partial charge in [0, 0.05) is 37.9 Å². The monoisotopic (exact) mass is 361 g/mol. The molecule has 1 atom stereocenters. The summed E-state index contributed by atoms with van der Waals surface area (Å²) in [7, 11) is -3.43. The predicted octanol–water partition coefficient (Wildman–Crippen LogP) is 2.11. The Morgan fingerprint density at radius 1 is 1.20 bits per heavy atom. The molecule has 1 aromatic carbocycles. The van der Waals surface area contributed by atoms with E-state index in [1.807, 2.05) is 43.3 Å². The molecule has 0 spiro atoms. The van der Waals surface area contributed by atoms with Crippen LogP contribution >= 0.6 is 0 Å². The molecule has 0 bridgehead atoms. The summed E-state index contributed by atoms with van der Waals surface area (Å²) < 4.78 is 25.6. The number of carbonyl (C=O) groups excluding carboxylic acids is 1. The average molecular weight is 361 g/mol. The van der Waals surface area contributed by atoms with Crippen molar-refractivity contribution in [1.82, 2.24) is 14.6 Å². The molecule has 6 nitrogen and oxygen atoms in total. The molecule has 25 heavy (non-hydrogen) atoms. The molecule has 2 rings (SSSR count). The Labute approximate surface area is 148 Å². The van der Waals surface area contributed by atoms with Gasteiger partial charge in [-0.3, -0.25) is 9.78 Å². The third-order valence-corrected chi connectivity index (χ3v) is 5.26.